The molecule has 0 aliphatic heterocycles. The molecule has 4 nitrogen and oxygen atoms in total. The van der Waals surface area contributed by atoms with Gasteiger partial charge in [-0.15, -0.1) is 0 Å². The lowest BCUT2D eigenvalue weighted by atomic mass is 9.96. The summed E-state index contributed by atoms with van der Waals surface area (Å²) >= 11 is 0. The Kier molecular flexibility index (Phi) is 2.29. The van der Waals surface area contributed by atoms with E-state index >= 15 is 0 Å². The van der Waals surface area contributed by atoms with Crippen LogP contribution < -0.4 is 10.1 Å². The highest BCUT2D eigenvalue weighted by Gasteiger charge is 2.19. The number of anilines is 1. The fourth-order valence-electron chi connectivity index (χ4n) is 1.18. The van der Waals surface area contributed by atoms with Crippen LogP contribution >= 0.6 is 0 Å². The second-order valence-corrected chi connectivity index (χ2v) is 3.16. The van der Waals surface area contributed by atoms with Crippen molar-refractivity contribution in [2.75, 3.05) is 12.4 Å². The Morgan fingerprint density at radius 2 is 2.31 bits per heavy atom. The van der Waals surface area contributed by atoms with Gasteiger partial charge in [-0.2, -0.15) is 4.98 Å². The lowest BCUT2D eigenvalue weighted by Crippen LogP contribution is -2.25. The topological polar surface area (TPSA) is 47.0 Å². The summed E-state index contributed by atoms with van der Waals surface area (Å²) in [6.07, 6.45) is 7.24. The quantitative estimate of drug-likeness (QED) is 0.762. The molecule has 1 aromatic rings. The largest absolute Gasteiger partial charge is 0.473 e. The highest BCUT2D eigenvalue weighted by molar-refractivity contribution is 5.31. The van der Waals surface area contributed by atoms with Crippen molar-refractivity contribution in [2.24, 2.45) is 0 Å². The molecule has 0 amide bonds. The molecule has 0 atom stereocenters. The van der Waals surface area contributed by atoms with Gasteiger partial charge in [0.15, 0.2) is 0 Å². The Morgan fingerprint density at radius 3 is 2.92 bits per heavy atom. The van der Waals surface area contributed by atoms with Gasteiger partial charge in [-0.3, -0.25) is 4.98 Å². The molecule has 0 spiro atoms. The van der Waals surface area contributed by atoms with Crippen molar-refractivity contribution < 1.29 is 4.74 Å². The zero-order chi connectivity index (χ0) is 9.10. The van der Waals surface area contributed by atoms with Crippen LogP contribution in [0.3, 0.4) is 0 Å². The zero-order valence-electron chi connectivity index (χ0n) is 7.66. The molecular weight excluding hydrogens is 166 g/mol. The summed E-state index contributed by atoms with van der Waals surface area (Å²) in [7, 11) is 1.82. The van der Waals surface area contributed by atoms with Crippen LogP contribution in [-0.2, 0) is 0 Å². The first kappa shape index (κ1) is 8.29. The third-order valence-corrected chi connectivity index (χ3v) is 2.21. The maximum absolute atomic E-state index is 5.58. The second kappa shape index (κ2) is 3.60. The standard InChI is InChI=1S/C9H13N3O/c1-10-8-5-11-6-9(12-8)13-7-3-2-4-7/h5-7H,2-4H2,1H3,(H,10,12). The highest BCUT2D eigenvalue weighted by atomic mass is 16.5. The molecule has 1 aliphatic carbocycles. The van der Waals surface area contributed by atoms with Crippen LogP contribution in [0.1, 0.15) is 19.3 Å². The third kappa shape index (κ3) is 1.88. The molecule has 1 aliphatic rings. The molecule has 2 rings (SSSR count). The van der Waals surface area contributed by atoms with E-state index < -0.39 is 0 Å². The lowest BCUT2D eigenvalue weighted by Gasteiger charge is -2.25. The van der Waals surface area contributed by atoms with Gasteiger partial charge in [-0.1, -0.05) is 0 Å². The maximum Gasteiger partial charge on any atom is 0.234 e. The molecule has 0 saturated heterocycles. The summed E-state index contributed by atoms with van der Waals surface area (Å²) in [5, 5.41) is 2.92. The first-order valence-corrected chi connectivity index (χ1v) is 4.55. The van der Waals surface area contributed by atoms with Crippen molar-refractivity contribution in [1.29, 1.82) is 0 Å². The van der Waals surface area contributed by atoms with Crippen LogP contribution in [0.5, 0.6) is 5.88 Å². The van der Waals surface area contributed by atoms with E-state index in [1.807, 2.05) is 7.05 Å². The molecule has 13 heavy (non-hydrogen) atoms. The molecule has 1 N–H and O–H groups in total. The highest BCUT2D eigenvalue weighted by Crippen LogP contribution is 2.23. The van der Waals surface area contributed by atoms with E-state index in [1.54, 1.807) is 12.4 Å². The fourth-order valence-corrected chi connectivity index (χ4v) is 1.18. The van der Waals surface area contributed by atoms with Gasteiger partial charge in [-0.25, -0.2) is 0 Å². The van der Waals surface area contributed by atoms with E-state index in [9.17, 15) is 0 Å². The smallest absolute Gasteiger partial charge is 0.234 e. The third-order valence-electron chi connectivity index (χ3n) is 2.21. The van der Waals surface area contributed by atoms with Gasteiger partial charge in [0, 0.05) is 7.05 Å². The monoisotopic (exact) mass is 179 g/mol. The molecule has 1 fully saturated rings. The van der Waals surface area contributed by atoms with E-state index in [-0.39, 0.29) is 0 Å². The number of hydrogen-bond donors (Lipinski definition) is 1. The molecule has 1 aromatic heterocycles. The molecule has 1 saturated carbocycles. The van der Waals surface area contributed by atoms with Gasteiger partial charge in [-0.05, 0) is 19.3 Å². The van der Waals surface area contributed by atoms with Gasteiger partial charge in [0.25, 0.3) is 0 Å². The summed E-state index contributed by atoms with van der Waals surface area (Å²) in [6.45, 7) is 0. The summed E-state index contributed by atoms with van der Waals surface area (Å²) < 4.78 is 5.58. The van der Waals surface area contributed by atoms with E-state index in [2.05, 4.69) is 15.3 Å². The van der Waals surface area contributed by atoms with Gasteiger partial charge >= 0.3 is 0 Å². The fraction of sp³-hybridized carbons (Fsp3) is 0.556. The Balaban J connectivity index is 2.01. The van der Waals surface area contributed by atoms with Crippen molar-refractivity contribution in [2.45, 2.75) is 25.4 Å². The van der Waals surface area contributed by atoms with Crippen LogP contribution in [-0.4, -0.2) is 23.1 Å². The summed E-state index contributed by atoms with van der Waals surface area (Å²) in [5.74, 6) is 1.37. The summed E-state index contributed by atoms with van der Waals surface area (Å²) in [4.78, 5) is 8.23. The Bertz CT molecular complexity index is 286. The number of ether oxygens (including phenoxy) is 1. The van der Waals surface area contributed by atoms with E-state index in [0.29, 0.717) is 12.0 Å². The van der Waals surface area contributed by atoms with Gasteiger partial charge in [0.2, 0.25) is 5.88 Å². The summed E-state index contributed by atoms with van der Waals surface area (Å²) in [5.41, 5.74) is 0. The SMILES string of the molecule is CNc1cncc(OC2CCC2)n1. The average Bonchev–Trinajstić information content (AvgIpc) is 2.12. The average molecular weight is 179 g/mol. The molecule has 0 aromatic carbocycles. The first-order valence-electron chi connectivity index (χ1n) is 4.55. The maximum atomic E-state index is 5.58. The number of rotatable bonds is 3. The molecular formula is C9H13N3O. The molecule has 0 radical (unpaired) electrons. The molecule has 0 unspecified atom stereocenters. The van der Waals surface area contributed by atoms with Gasteiger partial charge in [0.1, 0.15) is 11.9 Å². The van der Waals surface area contributed by atoms with E-state index in [1.165, 1.54) is 6.42 Å². The Morgan fingerprint density at radius 1 is 1.46 bits per heavy atom. The number of nitrogens with zero attached hydrogens (tertiary/aromatic N) is 2. The molecule has 70 valence electrons. The number of aromatic nitrogens is 2. The van der Waals surface area contributed by atoms with Crippen LogP contribution in [0.15, 0.2) is 12.4 Å². The Hall–Kier alpha value is -1.32. The Labute approximate surface area is 77.4 Å². The van der Waals surface area contributed by atoms with Crippen LogP contribution in [0, 0.1) is 0 Å². The van der Waals surface area contributed by atoms with Gasteiger partial charge < -0.3 is 10.1 Å². The van der Waals surface area contributed by atoms with E-state index in [0.717, 1.165) is 18.7 Å². The summed E-state index contributed by atoms with van der Waals surface area (Å²) in [6, 6.07) is 0. The number of hydrogen-bond acceptors (Lipinski definition) is 4. The van der Waals surface area contributed by atoms with Crippen molar-refractivity contribution >= 4 is 5.82 Å². The normalized spacial score (nSPS) is 16.4. The zero-order valence-corrected chi connectivity index (χ0v) is 7.66. The lowest BCUT2D eigenvalue weighted by molar-refractivity contribution is 0.114. The number of nitrogens with one attached hydrogen (secondary N) is 1. The minimum atomic E-state index is 0.362. The predicted octanol–water partition coefficient (Wildman–Crippen LogP) is 1.45. The van der Waals surface area contributed by atoms with E-state index in [4.69, 9.17) is 4.74 Å². The molecule has 1 heterocycles. The van der Waals surface area contributed by atoms with Crippen LogP contribution in [0.25, 0.3) is 0 Å². The predicted molar refractivity (Wildman–Crippen MR) is 49.8 cm³/mol. The molecule has 0 bridgehead atoms. The minimum Gasteiger partial charge on any atom is -0.473 e. The van der Waals surface area contributed by atoms with Crippen LogP contribution in [0.4, 0.5) is 5.82 Å². The van der Waals surface area contributed by atoms with Gasteiger partial charge in [0.05, 0.1) is 12.4 Å². The van der Waals surface area contributed by atoms with Crippen molar-refractivity contribution in [3.8, 4) is 5.88 Å². The molecule has 4 heteroatoms. The van der Waals surface area contributed by atoms with Crippen molar-refractivity contribution in [1.82, 2.24) is 9.97 Å². The minimum absolute atomic E-state index is 0.362. The van der Waals surface area contributed by atoms with Crippen molar-refractivity contribution in [3.63, 3.8) is 0 Å². The van der Waals surface area contributed by atoms with Crippen LogP contribution in [0.2, 0.25) is 0 Å². The second-order valence-electron chi connectivity index (χ2n) is 3.16. The first-order chi connectivity index (χ1) is 6.38. The van der Waals surface area contributed by atoms with Crippen molar-refractivity contribution in [3.05, 3.63) is 12.4 Å².